The molecule has 2 fully saturated rings. The highest BCUT2D eigenvalue weighted by Crippen LogP contribution is 2.42. The Hall–Kier alpha value is -0.830. The Bertz CT molecular complexity index is 337. The van der Waals surface area contributed by atoms with Crippen molar-refractivity contribution in [3.05, 3.63) is 17.3 Å². The molecule has 0 unspecified atom stereocenters. The molecule has 1 aromatic rings. The second-order valence-corrected chi connectivity index (χ2v) is 4.34. The molecule has 0 bridgehead atoms. The highest BCUT2D eigenvalue weighted by molar-refractivity contribution is 5.21. The minimum Gasteiger partial charge on any atom is -0.445 e. The second-order valence-electron chi connectivity index (χ2n) is 4.34. The first-order valence-electron chi connectivity index (χ1n) is 5.58. The summed E-state index contributed by atoms with van der Waals surface area (Å²) < 4.78 is 5.82. The summed E-state index contributed by atoms with van der Waals surface area (Å²) in [6.45, 7) is 4.22. The smallest absolute Gasteiger partial charge is 0.200 e. The fourth-order valence-electron chi connectivity index (χ4n) is 1.95. The number of nitrogens with zero attached hydrogens (tertiary/aromatic N) is 1. The number of hydrogen-bond acceptors (Lipinski definition) is 3. The summed E-state index contributed by atoms with van der Waals surface area (Å²) in [5, 5.41) is 3.25. The number of aryl methyl sites for hydroxylation is 1. The molecule has 0 radical (unpaired) electrons. The zero-order valence-electron chi connectivity index (χ0n) is 8.55. The maximum absolute atomic E-state index is 5.82. The van der Waals surface area contributed by atoms with Crippen LogP contribution in [0.4, 0.5) is 0 Å². The van der Waals surface area contributed by atoms with Gasteiger partial charge in [-0.25, -0.2) is 4.98 Å². The first kappa shape index (κ1) is 8.48. The van der Waals surface area contributed by atoms with Gasteiger partial charge in [0.1, 0.15) is 5.76 Å². The van der Waals surface area contributed by atoms with Gasteiger partial charge in [-0.2, -0.15) is 0 Å². The molecular formula is C11H16N2O. The Morgan fingerprint density at radius 2 is 2.14 bits per heavy atom. The van der Waals surface area contributed by atoms with Gasteiger partial charge in [0.05, 0.1) is 11.6 Å². The molecule has 14 heavy (non-hydrogen) atoms. The van der Waals surface area contributed by atoms with Crippen molar-refractivity contribution in [3.63, 3.8) is 0 Å². The van der Waals surface area contributed by atoms with Crippen LogP contribution in [0.3, 0.4) is 0 Å². The van der Waals surface area contributed by atoms with E-state index in [0.29, 0.717) is 5.92 Å². The molecule has 3 nitrogen and oxygen atoms in total. The normalized spacial score (nSPS) is 22.4. The van der Waals surface area contributed by atoms with Crippen molar-refractivity contribution < 1.29 is 4.42 Å². The summed E-state index contributed by atoms with van der Waals surface area (Å²) in [5.74, 6) is 3.36. The summed E-state index contributed by atoms with van der Waals surface area (Å²) in [5.41, 5.74) is 1.26. The molecule has 0 atom stereocenters. The van der Waals surface area contributed by atoms with Crippen molar-refractivity contribution in [1.82, 2.24) is 10.3 Å². The van der Waals surface area contributed by atoms with Crippen LogP contribution in [0.15, 0.2) is 4.42 Å². The molecule has 1 aliphatic carbocycles. The molecule has 76 valence electrons. The minimum absolute atomic E-state index is 0.535. The number of oxazole rings is 1. The first-order valence-corrected chi connectivity index (χ1v) is 5.58. The fraction of sp³-hybridized carbons (Fsp3) is 0.727. The Morgan fingerprint density at radius 1 is 1.36 bits per heavy atom. The van der Waals surface area contributed by atoms with Crippen molar-refractivity contribution in [1.29, 1.82) is 0 Å². The van der Waals surface area contributed by atoms with Gasteiger partial charge in [0.2, 0.25) is 0 Å². The van der Waals surface area contributed by atoms with Crippen LogP contribution in [-0.2, 0) is 6.42 Å². The van der Waals surface area contributed by atoms with Crippen molar-refractivity contribution in [2.24, 2.45) is 0 Å². The Kier molecular flexibility index (Phi) is 1.87. The van der Waals surface area contributed by atoms with Crippen LogP contribution in [0.25, 0.3) is 0 Å². The lowest BCUT2D eigenvalue weighted by Gasteiger charge is -2.23. The first-order chi connectivity index (χ1) is 6.88. The van der Waals surface area contributed by atoms with E-state index in [0.717, 1.165) is 37.1 Å². The quantitative estimate of drug-likeness (QED) is 0.793. The molecular weight excluding hydrogens is 176 g/mol. The topological polar surface area (TPSA) is 38.1 Å². The number of rotatable bonds is 3. The molecule has 1 saturated carbocycles. The van der Waals surface area contributed by atoms with Crippen LogP contribution in [0.1, 0.15) is 48.9 Å². The molecule has 0 spiro atoms. The van der Waals surface area contributed by atoms with Crippen LogP contribution in [0.2, 0.25) is 0 Å². The third-order valence-corrected chi connectivity index (χ3v) is 3.16. The fourth-order valence-corrected chi connectivity index (χ4v) is 1.95. The predicted octanol–water partition coefficient (Wildman–Crippen LogP) is 1.80. The van der Waals surface area contributed by atoms with Crippen molar-refractivity contribution in [3.8, 4) is 0 Å². The largest absolute Gasteiger partial charge is 0.445 e. The van der Waals surface area contributed by atoms with Gasteiger partial charge in [-0.05, 0) is 12.8 Å². The number of aromatic nitrogens is 1. The van der Waals surface area contributed by atoms with Crippen LogP contribution in [-0.4, -0.2) is 18.1 Å². The molecule has 2 heterocycles. The molecule has 1 N–H and O–H groups in total. The number of nitrogens with one attached hydrogen (secondary N) is 1. The van der Waals surface area contributed by atoms with Gasteiger partial charge in [-0.1, -0.05) is 6.92 Å². The van der Waals surface area contributed by atoms with Gasteiger partial charge in [0, 0.05) is 25.4 Å². The molecule has 2 aliphatic rings. The van der Waals surface area contributed by atoms with E-state index in [2.05, 4.69) is 17.2 Å². The highest BCUT2D eigenvalue weighted by Gasteiger charge is 2.32. The SMILES string of the molecule is CCc1oc(C2CNC2)nc1C1CC1. The Labute approximate surface area is 83.9 Å². The van der Waals surface area contributed by atoms with E-state index in [9.17, 15) is 0 Å². The van der Waals surface area contributed by atoms with Crippen LogP contribution in [0, 0.1) is 0 Å². The van der Waals surface area contributed by atoms with Gasteiger partial charge < -0.3 is 9.73 Å². The van der Waals surface area contributed by atoms with Gasteiger partial charge >= 0.3 is 0 Å². The molecule has 1 aromatic heterocycles. The molecule has 0 amide bonds. The average Bonchev–Trinajstić information content (AvgIpc) is 2.85. The molecule has 1 saturated heterocycles. The van der Waals surface area contributed by atoms with E-state index in [1.54, 1.807) is 0 Å². The standard InChI is InChI=1S/C11H16N2O/c1-2-9-10(7-3-4-7)13-11(14-9)8-5-12-6-8/h7-8,12H,2-6H2,1H3. The van der Waals surface area contributed by atoms with Crippen LogP contribution >= 0.6 is 0 Å². The number of hydrogen-bond donors (Lipinski definition) is 1. The predicted molar refractivity (Wildman–Crippen MR) is 53.5 cm³/mol. The Balaban J connectivity index is 1.89. The van der Waals surface area contributed by atoms with Crippen molar-refractivity contribution in [2.45, 2.75) is 38.0 Å². The van der Waals surface area contributed by atoms with Crippen LogP contribution in [0.5, 0.6) is 0 Å². The van der Waals surface area contributed by atoms with Crippen molar-refractivity contribution >= 4 is 0 Å². The molecule has 0 aromatic carbocycles. The summed E-state index contributed by atoms with van der Waals surface area (Å²) in [7, 11) is 0. The summed E-state index contributed by atoms with van der Waals surface area (Å²) >= 11 is 0. The molecule has 1 aliphatic heterocycles. The zero-order valence-corrected chi connectivity index (χ0v) is 8.55. The van der Waals surface area contributed by atoms with Crippen molar-refractivity contribution in [2.75, 3.05) is 13.1 Å². The van der Waals surface area contributed by atoms with Gasteiger partial charge in [0.25, 0.3) is 0 Å². The average molecular weight is 192 g/mol. The minimum atomic E-state index is 0.535. The molecule has 3 rings (SSSR count). The van der Waals surface area contributed by atoms with E-state index in [4.69, 9.17) is 4.42 Å². The lowest BCUT2D eigenvalue weighted by atomic mass is 10.0. The second kappa shape index (κ2) is 3.09. The zero-order chi connectivity index (χ0) is 9.54. The summed E-state index contributed by atoms with van der Waals surface area (Å²) in [4.78, 5) is 4.66. The van der Waals surface area contributed by atoms with Gasteiger partial charge in [-0.3, -0.25) is 0 Å². The summed E-state index contributed by atoms with van der Waals surface area (Å²) in [6.07, 6.45) is 3.60. The van der Waals surface area contributed by atoms with E-state index in [1.165, 1.54) is 18.5 Å². The summed E-state index contributed by atoms with van der Waals surface area (Å²) in [6, 6.07) is 0. The Morgan fingerprint density at radius 3 is 2.64 bits per heavy atom. The highest BCUT2D eigenvalue weighted by atomic mass is 16.4. The van der Waals surface area contributed by atoms with E-state index < -0.39 is 0 Å². The lowest BCUT2D eigenvalue weighted by Crippen LogP contribution is -2.40. The lowest BCUT2D eigenvalue weighted by molar-refractivity contribution is 0.346. The maximum Gasteiger partial charge on any atom is 0.200 e. The van der Waals surface area contributed by atoms with Gasteiger partial charge in [0.15, 0.2) is 5.89 Å². The molecule has 3 heteroatoms. The van der Waals surface area contributed by atoms with Gasteiger partial charge in [-0.15, -0.1) is 0 Å². The third-order valence-electron chi connectivity index (χ3n) is 3.16. The monoisotopic (exact) mass is 192 g/mol. The van der Waals surface area contributed by atoms with E-state index >= 15 is 0 Å². The van der Waals surface area contributed by atoms with E-state index in [1.807, 2.05) is 0 Å². The van der Waals surface area contributed by atoms with E-state index in [-0.39, 0.29) is 0 Å². The maximum atomic E-state index is 5.82. The third kappa shape index (κ3) is 1.27. The van der Waals surface area contributed by atoms with Crippen LogP contribution < -0.4 is 5.32 Å².